The predicted molar refractivity (Wildman–Crippen MR) is 58.3 cm³/mol. The summed E-state index contributed by atoms with van der Waals surface area (Å²) in [4.78, 5) is 20.1. The summed E-state index contributed by atoms with van der Waals surface area (Å²) in [6.45, 7) is 1.43. The molecule has 0 amide bonds. The molecule has 0 heterocycles. The van der Waals surface area contributed by atoms with Gasteiger partial charge in [0.1, 0.15) is 11.5 Å². The van der Waals surface area contributed by atoms with Crippen LogP contribution in [-0.2, 0) is 4.79 Å². The standard InChI is InChI=1S/C10H10F2N2O4/c1-5(2-9(15)16)13-8-4-6(11)3-7(12)10(8)14(17)18/h3-5,13H,2H2,1H3,(H,15,16). The SMILES string of the molecule is CC(CC(=O)O)Nc1cc(F)cc(F)c1[N+](=O)[O-]. The van der Waals surface area contributed by atoms with E-state index in [1.54, 1.807) is 0 Å². The van der Waals surface area contributed by atoms with Crippen molar-refractivity contribution >= 4 is 17.3 Å². The second kappa shape index (κ2) is 5.39. The van der Waals surface area contributed by atoms with Gasteiger partial charge in [-0.15, -0.1) is 0 Å². The van der Waals surface area contributed by atoms with Gasteiger partial charge in [0.2, 0.25) is 5.82 Å². The van der Waals surface area contributed by atoms with Crippen molar-refractivity contribution in [1.82, 2.24) is 0 Å². The molecule has 0 bridgehead atoms. The molecule has 0 spiro atoms. The van der Waals surface area contributed by atoms with Crippen LogP contribution in [0.5, 0.6) is 0 Å². The highest BCUT2D eigenvalue weighted by atomic mass is 19.1. The van der Waals surface area contributed by atoms with E-state index < -0.39 is 34.3 Å². The van der Waals surface area contributed by atoms with Gasteiger partial charge >= 0.3 is 11.7 Å². The van der Waals surface area contributed by atoms with Gasteiger partial charge in [-0.2, -0.15) is 4.39 Å². The number of nitro groups is 1. The first-order valence-electron chi connectivity index (χ1n) is 4.93. The number of carboxylic acids is 1. The average Bonchev–Trinajstić information content (AvgIpc) is 2.12. The van der Waals surface area contributed by atoms with Crippen LogP contribution in [0.25, 0.3) is 0 Å². The number of nitro benzene ring substituents is 1. The van der Waals surface area contributed by atoms with Crippen molar-refractivity contribution in [3.63, 3.8) is 0 Å². The lowest BCUT2D eigenvalue weighted by molar-refractivity contribution is -0.386. The number of hydrogen-bond donors (Lipinski definition) is 2. The van der Waals surface area contributed by atoms with Crippen molar-refractivity contribution in [2.75, 3.05) is 5.32 Å². The maximum atomic E-state index is 13.2. The number of nitrogens with zero attached hydrogens (tertiary/aromatic N) is 1. The Labute approximate surface area is 100 Å². The van der Waals surface area contributed by atoms with Crippen LogP contribution in [-0.4, -0.2) is 22.0 Å². The van der Waals surface area contributed by atoms with Crippen molar-refractivity contribution < 1.29 is 23.6 Å². The molecule has 18 heavy (non-hydrogen) atoms. The van der Waals surface area contributed by atoms with Crippen LogP contribution in [0.4, 0.5) is 20.2 Å². The Morgan fingerprint density at radius 3 is 2.67 bits per heavy atom. The van der Waals surface area contributed by atoms with Crippen LogP contribution in [0.15, 0.2) is 12.1 Å². The quantitative estimate of drug-likeness (QED) is 0.625. The van der Waals surface area contributed by atoms with Crippen molar-refractivity contribution in [1.29, 1.82) is 0 Å². The van der Waals surface area contributed by atoms with E-state index in [0.29, 0.717) is 6.07 Å². The second-order valence-electron chi connectivity index (χ2n) is 3.68. The van der Waals surface area contributed by atoms with Gasteiger partial charge in [-0.1, -0.05) is 0 Å². The lowest BCUT2D eigenvalue weighted by atomic mass is 10.2. The van der Waals surface area contributed by atoms with Crippen molar-refractivity contribution in [3.8, 4) is 0 Å². The molecular formula is C10H10F2N2O4. The number of carbonyl (C=O) groups is 1. The smallest absolute Gasteiger partial charge is 0.327 e. The summed E-state index contributed by atoms with van der Waals surface area (Å²) in [5, 5.41) is 21.6. The van der Waals surface area contributed by atoms with E-state index >= 15 is 0 Å². The van der Waals surface area contributed by atoms with E-state index in [1.807, 2.05) is 0 Å². The van der Waals surface area contributed by atoms with Crippen LogP contribution in [0, 0.1) is 21.7 Å². The van der Waals surface area contributed by atoms with Gasteiger partial charge in [0.25, 0.3) is 0 Å². The van der Waals surface area contributed by atoms with Gasteiger partial charge < -0.3 is 10.4 Å². The average molecular weight is 260 g/mol. The molecule has 8 heteroatoms. The Balaban J connectivity index is 3.07. The Kier molecular flexibility index (Phi) is 4.13. The van der Waals surface area contributed by atoms with Gasteiger partial charge in [-0.05, 0) is 6.92 Å². The van der Waals surface area contributed by atoms with E-state index in [9.17, 15) is 23.7 Å². The van der Waals surface area contributed by atoms with E-state index in [-0.39, 0.29) is 12.1 Å². The number of nitrogens with one attached hydrogen (secondary N) is 1. The molecule has 1 rings (SSSR count). The minimum absolute atomic E-state index is 0.338. The molecule has 1 aromatic rings. The number of halogens is 2. The number of aliphatic carboxylic acids is 1. The lowest BCUT2D eigenvalue weighted by Gasteiger charge is -2.13. The molecule has 1 unspecified atom stereocenters. The first-order valence-corrected chi connectivity index (χ1v) is 4.93. The molecule has 0 aromatic heterocycles. The molecule has 0 saturated carbocycles. The maximum Gasteiger partial charge on any atom is 0.327 e. The summed E-state index contributed by atoms with van der Waals surface area (Å²) < 4.78 is 26.2. The maximum absolute atomic E-state index is 13.2. The zero-order valence-corrected chi connectivity index (χ0v) is 9.31. The normalized spacial score (nSPS) is 11.9. The van der Waals surface area contributed by atoms with E-state index in [2.05, 4.69) is 5.32 Å². The van der Waals surface area contributed by atoms with Gasteiger partial charge in [0, 0.05) is 18.2 Å². The Bertz CT molecular complexity index is 493. The summed E-state index contributed by atoms with van der Waals surface area (Å²) in [6, 6.07) is 0.437. The van der Waals surface area contributed by atoms with Crippen LogP contribution in [0.2, 0.25) is 0 Å². The second-order valence-corrected chi connectivity index (χ2v) is 3.68. The topological polar surface area (TPSA) is 92.5 Å². The molecule has 0 fully saturated rings. The highest BCUT2D eigenvalue weighted by Crippen LogP contribution is 2.29. The summed E-state index contributed by atoms with van der Waals surface area (Å²) in [5.74, 6) is -3.43. The Hall–Kier alpha value is -2.25. The molecule has 2 N–H and O–H groups in total. The van der Waals surface area contributed by atoms with Gasteiger partial charge in [-0.25, -0.2) is 4.39 Å². The zero-order chi connectivity index (χ0) is 13.9. The van der Waals surface area contributed by atoms with E-state index in [0.717, 1.165) is 6.07 Å². The highest BCUT2D eigenvalue weighted by molar-refractivity contribution is 5.69. The summed E-state index contributed by atoms with van der Waals surface area (Å²) >= 11 is 0. The largest absolute Gasteiger partial charge is 0.481 e. The monoisotopic (exact) mass is 260 g/mol. The third-order valence-corrected chi connectivity index (χ3v) is 2.09. The van der Waals surface area contributed by atoms with Crippen LogP contribution < -0.4 is 5.32 Å². The fourth-order valence-corrected chi connectivity index (χ4v) is 1.44. The van der Waals surface area contributed by atoms with Crippen LogP contribution >= 0.6 is 0 Å². The van der Waals surface area contributed by atoms with Crippen molar-refractivity contribution in [3.05, 3.63) is 33.9 Å². The van der Waals surface area contributed by atoms with Crippen LogP contribution in [0.1, 0.15) is 13.3 Å². The zero-order valence-electron chi connectivity index (χ0n) is 9.31. The van der Waals surface area contributed by atoms with E-state index in [4.69, 9.17) is 5.11 Å². The molecule has 0 saturated heterocycles. The minimum atomic E-state index is -1.31. The third-order valence-electron chi connectivity index (χ3n) is 2.09. The summed E-state index contributed by atoms with van der Waals surface area (Å²) in [5.41, 5.74) is -1.29. The molecule has 98 valence electrons. The molecule has 0 aliphatic carbocycles. The summed E-state index contributed by atoms with van der Waals surface area (Å²) in [7, 11) is 0. The van der Waals surface area contributed by atoms with Crippen LogP contribution in [0.3, 0.4) is 0 Å². The first kappa shape index (κ1) is 13.8. The molecular weight excluding hydrogens is 250 g/mol. The van der Waals surface area contributed by atoms with Gasteiger partial charge in [-0.3, -0.25) is 14.9 Å². The molecule has 1 atom stereocenters. The molecule has 1 aromatic carbocycles. The summed E-state index contributed by atoms with van der Waals surface area (Å²) in [6.07, 6.45) is -0.338. The number of rotatable bonds is 5. The lowest BCUT2D eigenvalue weighted by Crippen LogP contribution is -2.20. The van der Waals surface area contributed by atoms with Gasteiger partial charge in [0.15, 0.2) is 0 Å². The number of benzene rings is 1. The number of carboxylic acid groups (broad SMARTS) is 1. The molecule has 0 radical (unpaired) electrons. The minimum Gasteiger partial charge on any atom is -0.481 e. The van der Waals surface area contributed by atoms with Gasteiger partial charge in [0.05, 0.1) is 11.3 Å². The first-order chi connectivity index (χ1) is 8.31. The van der Waals surface area contributed by atoms with E-state index in [1.165, 1.54) is 6.92 Å². The highest BCUT2D eigenvalue weighted by Gasteiger charge is 2.23. The Morgan fingerprint density at radius 1 is 1.56 bits per heavy atom. The van der Waals surface area contributed by atoms with Crippen molar-refractivity contribution in [2.45, 2.75) is 19.4 Å². The molecule has 0 aliphatic rings. The number of hydrogen-bond acceptors (Lipinski definition) is 4. The fraction of sp³-hybridized carbons (Fsp3) is 0.300. The predicted octanol–water partition coefficient (Wildman–Crippen LogP) is 2.15. The Morgan fingerprint density at radius 2 is 2.17 bits per heavy atom. The molecule has 6 nitrogen and oxygen atoms in total. The fourth-order valence-electron chi connectivity index (χ4n) is 1.44. The molecule has 0 aliphatic heterocycles. The van der Waals surface area contributed by atoms with Crippen molar-refractivity contribution in [2.24, 2.45) is 0 Å². The number of anilines is 1. The third kappa shape index (κ3) is 3.37.